The summed E-state index contributed by atoms with van der Waals surface area (Å²) in [5, 5.41) is 8.97. The Kier molecular flexibility index (Phi) is 5.07. The summed E-state index contributed by atoms with van der Waals surface area (Å²) in [6, 6.07) is 3.69. The van der Waals surface area contributed by atoms with Gasteiger partial charge < -0.3 is 14.6 Å². The van der Waals surface area contributed by atoms with Gasteiger partial charge in [-0.25, -0.2) is 0 Å². The van der Waals surface area contributed by atoms with Crippen molar-refractivity contribution in [2.24, 2.45) is 5.92 Å². The van der Waals surface area contributed by atoms with Crippen LogP contribution in [0.1, 0.15) is 48.3 Å². The number of hydrogen-bond acceptors (Lipinski definition) is 6. The Balaban J connectivity index is 1.76. The quantitative estimate of drug-likeness (QED) is 0.909. The van der Waals surface area contributed by atoms with Gasteiger partial charge in [0.1, 0.15) is 6.04 Å². The van der Waals surface area contributed by atoms with Crippen LogP contribution in [0.15, 0.2) is 22.0 Å². The smallest absolute Gasteiger partial charge is 0.249 e. The number of hydrogen-bond donors (Lipinski definition) is 1. The van der Waals surface area contributed by atoms with Gasteiger partial charge >= 0.3 is 0 Å². The van der Waals surface area contributed by atoms with Crippen LogP contribution in [-0.2, 0) is 9.53 Å². The zero-order chi connectivity index (χ0) is 16.2. The van der Waals surface area contributed by atoms with Crippen molar-refractivity contribution in [2.75, 3.05) is 13.2 Å². The van der Waals surface area contributed by atoms with Crippen LogP contribution in [0.25, 0.3) is 0 Å². The standard InChI is InChI=1S/C16H21N3O3S/c1-10(13-4-3-9-23-13)15(20)18-14(12-5-7-21-8-6-12)16-17-11(2)19-22-16/h3-4,9-10,12,14H,5-8H2,1-2H3,(H,18,20). The molecule has 0 radical (unpaired) electrons. The van der Waals surface area contributed by atoms with Crippen LogP contribution in [0.3, 0.4) is 0 Å². The second-order valence-corrected chi connectivity index (χ2v) is 6.83. The highest BCUT2D eigenvalue weighted by molar-refractivity contribution is 7.10. The zero-order valence-corrected chi connectivity index (χ0v) is 14.1. The molecule has 1 aliphatic heterocycles. The summed E-state index contributed by atoms with van der Waals surface area (Å²) in [4.78, 5) is 18.0. The first-order valence-electron chi connectivity index (χ1n) is 7.87. The average molecular weight is 335 g/mol. The molecule has 3 rings (SSSR count). The van der Waals surface area contributed by atoms with E-state index in [0.29, 0.717) is 24.9 Å². The molecule has 0 aliphatic carbocycles. The van der Waals surface area contributed by atoms with E-state index in [1.165, 1.54) is 0 Å². The van der Waals surface area contributed by atoms with Crippen LogP contribution >= 0.6 is 11.3 Å². The number of aryl methyl sites for hydroxylation is 1. The molecule has 0 spiro atoms. The Labute approximate surface area is 139 Å². The van der Waals surface area contributed by atoms with Gasteiger partial charge in [-0.15, -0.1) is 11.3 Å². The van der Waals surface area contributed by atoms with Crippen LogP contribution in [0.4, 0.5) is 0 Å². The van der Waals surface area contributed by atoms with Crippen LogP contribution in [0.2, 0.25) is 0 Å². The van der Waals surface area contributed by atoms with Gasteiger partial charge in [0, 0.05) is 18.1 Å². The number of thiophene rings is 1. The minimum Gasteiger partial charge on any atom is -0.381 e. The Morgan fingerprint density at radius 1 is 1.43 bits per heavy atom. The topological polar surface area (TPSA) is 77.2 Å². The molecule has 2 atom stereocenters. The SMILES string of the molecule is Cc1noc(C(NC(=O)C(C)c2cccs2)C2CCOCC2)n1. The first-order valence-corrected chi connectivity index (χ1v) is 8.75. The molecule has 1 aliphatic rings. The molecule has 0 bridgehead atoms. The Morgan fingerprint density at radius 3 is 2.83 bits per heavy atom. The van der Waals surface area contributed by atoms with Crippen molar-refractivity contribution in [3.8, 4) is 0 Å². The molecule has 2 unspecified atom stereocenters. The van der Waals surface area contributed by atoms with Crippen molar-refractivity contribution in [3.63, 3.8) is 0 Å². The van der Waals surface area contributed by atoms with E-state index in [1.807, 2.05) is 24.4 Å². The highest BCUT2D eigenvalue weighted by Gasteiger charge is 2.32. The molecule has 124 valence electrons. The molecule has 3 heterocycles. The molecular weight excluding hydrogens is 314 g/mol. The highest BCUT2D eigenvalue weighted by atomic mass is 32.1. The largest absolute Gasteiger partial charge is 0.381 e. The first-order chi connectivity index (χ1) is 11.1. The number of ether oxygens (including phenoxy) is 1. The summed E-state index contributed by atoms with van der Waals surface area (Å²) in [5.41, 5.74) is 0. The van der Waals surface area contributed by atoms with E-state index in [9.17, 15) is 4.79 Å². The third kappa shape index (κ3) is 3.79. The molecule has 0 aromatic carbocycles. The predicted octanol–water partition coefficient (Wildman–Crippen LogP) is 2.83. The second kappa shape index (κ2) is 7.23. The van der Waals surface area contributed by atoms with E-state index in [4.69, 9.17) is 9.26 Å². The Morgan fingerprint density at radius 2 is 2.22 bits per heavy atom. The lowest BCUT2D eigenvalue weighted by molar-refractivity contribution is -0.123. The summed E-state index contributed by atoms with van der Waals surface area (Å²) in [5.74, 6) is 1.11. The minimum atomic E-state index is -0.255. The molecule has 6 nitrogen and oxygen atoms in total. The number of rotatable bonds is 5. The average Bonchev–Trinajstić information content (AvgIpc) is 3.24. The van der Waals surface area contributed by atoms with E-state index in [1.54, 1.807) is 18.3 Å². The fourth-order valence-corrected chi connectivity index (χ4v) is 3.60. The number of nitrogens with zero attached hydrogens (tertiary/aromatic N) is 2. The van der Waals surface area contributed by atoms with Gasteiger partial charge in [-0.2, -0.15) is 4.98 Å². The van der Waals surface area contributed by atoms with Gasteiger partial charge in [-0.3, -0.25) is 4.79 Å². The van der Waals surface area contributed by atoms with E-state index in [0.717, 1.165) is 17.7 Å². The summed E-state index contributed by atoms with van der Waals surface area (Å²) in [7, 11) is 0. The molecule has 7 heteroatoms. The zero-order valence-electron chi connectivity index (χ0n) is 13.3. The van der Waals surface area contributed by atoms with E-state index < -0.39 is 0 Å². The summed E-state index contributed by atoms with van der Waals surface area (Å²) >= 11 is 1.59. The second-order valence-electron chi connectivity index (χ2n) is 5.85. The fourth-order valence-electron chi connectivity index (χ4n) is 2.81. The van der Waals surface area contributed by atoms with E-state index in [2.05, 4.69) is 15.5 Å². The maximum Gasteiger partial charge on any atom is 0.249 e. The van der Waals surface area contributed by atoms with Crippen LogP contribution in [0.5, 0.6) is 0 Å². The molecule has 1 saturated heterocycles. The van der Waals surface area contributed by atoms with Gasteiger partial charge in [0.05, 0.1) is 5.92 Å². The van der Waals surface area contributed by atoms with Crippen molar-refractivity contribution in [1.82, 2.24) is 15.5 Å². The molecule has 1 N–H and O–H groups in total. The highest BCUT2D eigenvalue weighted by Crippen LogP contribution is 2.30. The van der Waals surface area contributed by atoms with E-state index in [-0.39, 0.29) is 23.8 Å². The van der Waals surface area contributed by atoms with Crippen LogP contribution in [-0.4, -0.2) is 29.3 Å². The third-order valence-corrected chi connectivity index (χ3v) is 5.26. The van der Waals surface area contributed by atoms with Gasteiger partial charge in [0.25, 0.3) is 0 Å². The third-order valence-electron chi connectivity index (χ3n) is 4.21. The normalized spacial score (nSPS) is 18.5. The van der Waals surface area contributed by atoms with Crippen molar-refractivity contribution < 1.29 is 14.1 Å². The maximum atomic E-state index is 12.6. The number of nitrogens with one attached hydrogen (secondary N) is 1. The number of amides is 1. The van der Waals surface area contributed by atoms with Gasteiger partial charge in [0.15, 0.2) is 5.82 Å². The Bertz CT molecular complexity index is 635. The van der Waals surface area contributed by atoms with Gasteiger partial charge in [-0.05, 0) is 44.1 Å². The molecule has 1 fully saturated rings. The van der Waals surface area contributed by atoms with Crippen LogP contribution in [0, 0.1) is 12.8 Å². The lowest BCUT2D eigenvalue weighted by Crippen LogP contribution is -2.38. The van der Waals surface area contributed by atoms with Crippen molar-refractivity contribution >= 4 is 17.2 Å². The number of carbonyl (C=O) groups excluding carboxylic acids is 1. The lowest BCUT2D eigenvalue weighted by atomic mass is 9.91. The van der Waals surface area contributed by atoms with Crippen molar-refractivity contribution in [1.29, 1.82) is 0 Å². The van der Waals surface area contributed by atoms with Gasteiger partial charge in [0.2, 0.25) is 11.8 Å². The number of aromatic nitrogens is 2. The monoisotopic (exact) mass is 335 g/mol. The Hall–Kier alpha value is -1.73. The molecular formula is C16H21N3O3S. The van der Waals surface area contributed by atoms with Crippen molar-refractivity contribution in [3.05, 3.63) is 34.1 Å². The fraction of sp³-hybridized carbons (Fsp3) is 0.562. The van der Waals surface area contributed by atoms with Crippen molar-refractivity contribution in [2.45, 2.75) is 38.6 Å². The minimum absolute atomic E-state index is 0.0141. The summed E-state index contributed by atoms with van der Waals surface area (Å²) in [6.45, 7) is 5.10. The first kappa shape index (κ1) is 16.1. The molecule has 2 aromatic rings. The maximum absolute atomic E-state index is 12.6. The molecule has 1 amide bonds. The lowest BCUT2D eigenvalue weighted by Gasteiger charge is -2.29. The summed E-state index contributed by atoms with van der Waals surface area (Å²) in [6.07, 6.45) is 1.75. The number of carbonyl (C=O) groups is 1. The predicted molar refractivity (Wildman–Crippen MR) is 86.2 cm³/mol. The molecule has 0 saturated carbocycles. The van der Waals surface area contributed by atoms with Gasteiger partial charge in [-0.1, -0.05) is 11.2 Å². The molecule has 2 aromatic heterocycles. The molecule has 23 heavy (non-hydrogen) atoms. The van der Waals surface area contributed by atoms with E-state index >= 15 is 0 Å². The summed E-state index contributed by atoms with van der Waals surface area (Å²) < 4.78 is 10.8. The van der Waals surface area contributed by atoms with Crippen LogP contribution < -0.4 is 5.32 Å².